The fraction of sp³-hybridized carbons (Fsp3) is 1.00. The van der Waals surface area contributed by atoms with Crippen molar-refractivity contribution in [2.24, 2.45) is 0 Å². The van der Waals surface area contributed by atoms with E-state index >= 15 is 0 Å². The van der Waals surface area contributed by atoms with Crippen molar-refractivity contribution in [1.82, 2.24) is 0 Å². The molecular weight excluding hydrogens is 220 g/mol. The van der Waals surface area contributed by atoms with Crippen LogP contribution in [0.1, 0.15) is 72.1 Å². The summed E-state index contributed by atoms with van der Waals surface area (Å²) in [4.78, 5) is 0. The summed E-state index contributed by atoms with van der Waals surface area (Å²) < 4.78 is 23.0. The topological polar surface area (TPSA) is 34.1 Å². The largest absolute Gasteiger partial charge is 0.229 e. The quantitative estimate of drug-likeness (QED) is 0.549. The Morgan fingerprint density at radius 1 is 0.812 bits per heavy atom. The van der Waals surface area contributed by atoms with E-state index in [1.807, 2.05) is 0 Å². The molecule has 0 saturated heterocycles. The third kappa shape index (κ3) is 8.14. The summed E-state index contributed by atoms with van der Waals surface area (Å²) >= 11 is 0. The van der Waals surface area contributed by atoms with Crippen molar-refractivity contribution in [3.05, 3.63) is 0 Å². The van der Waals surface area contributed by atoms with E-state index in [-0.39, 0.29) is 5.25 Å². The zero-order valence-corrected chi connectivity index (χ0v) is 12.0. The van der Waals surface area contributed by atoms with Crippen LogP contribution in [0.2, 0.25) is 0 Å². The normalized spacial score (nSPS) is 12.2. The standard InChI is InChI=1S/C13H28O2S/c1-4-5-6-7-8-9-10-11-12-16(14,15)13(2)3/h13H,4-12H2,1-3H3. The summed E-state index contributed by atoms with van der Waals surface area (Å²) in [6.45, 7) is 5.75. The van der Waals surface area contributed by atoms with Crippen molar-refractivity contribution < 1.29 is 8.42 Å². The van der Waals surface area contributed by atoms with E-state index in [4.69, 9.17) is 0 Å². The van der Waals surface area contributed by atoms with Crippen LogP contribution in [0.25, 0.3) is 0 Å². The maximum absolute atomic E-state index is 11.5. The molecule has 0 aromatic heterocycles. The highest BCUT2D eigenvalue weighted by Gasteiger charge is 2.14. The summed E-state index contributed by atoms with van der Waals surface area (Å²) in [5, 5.41) is -0.211. The average molecular weight is 248 g/mol. The maximum atomic E-state index is 11.5. The highest BCUT2D eigenvalue weighted by atomic mass is 32.2. The second-order valence-corrected chi connectivity index (χ2v) is 7.57. The van der Waals surface area contributed by atoms with Gasteiger partial charge in [0, 0.05) is 0 Å². The Balaban J connectivity index is 3.34. The molecule has 3 heteroatoms. The van der Waals surface area contributed by atoms with Crippen molar-refractivity contribution in [1.29, 1.82) is 0 Å². The Bertz CT molecular complexity index is 243. The fourth-order valence-electron chi connectivity index (χ4n) is 1.67. The minimum atomic E-state index is -2.80. The molecular formula is C13H28O2S. The van der Waals surface area contributed by atoms with Crippen molar-refractivity contribution >= 4 is 9.84 Å². The Morgan fingerprint density at radius 2 is 1.25 bits per heavy atom. The van der Waals surface area contributed by atoms with Gasteiger partial charge in [0.25, 0.3) is 0 Å². The lowest BCUT2D eigenvalue weighted by atomic mass is 10.1. The fourth-order valence-corrected chi connectivity index (χ4v) is 2.75. The Hall–Kier alpha value is -0.0500. The molecule has 2 nitrogen and oxygen atoms in total. The van der Waals surface area contributed by atoms with E-state index in [1.54, 1.807) is 13.8 Å². The first kappa shape index (κ1) is 16.0. The predicted octanol–water partition coefficient (Wildman–Crippen LogP) is 3.95. The van der Waals surface area contributed by atoms with Crippen molar-refractivity contribution in [3.8, 4) is 0 Å². The smallest absolute Gasteiger partial charge is 0.152 e. The van der Waals surface area contributed by atoms with Gasteiger partial charge in [-0.05, 0) is 20.3 Å². The zero-order valence-electron chi connectivity index (χ0n) is 11.2. The lowest BCUT2D eigenvalue weighted by Gasteiger charge is -2.07. The minimum Gasteiger partial charge on any atom is -0.229 e. The molecule has 0 aromatic rings. The molecule has 0 heterocycles. The number of hydrogen-bond donors (Lipinski definition) is 0. The van der Waals surface area contributed by atoms with Crippen LogP contribution in [0.15, 0.2) is 0 Å². The van der Waals surface area contributed by atoms with Gasteiger partial charge in [0.15, 0.2) is 9.84 Å². The van der Waals surface area contributed by atoms with Gasteiger partial charge >= 0.3 is 0 Å². The third-order valence-corrected chi connectivity index (χ3v) is 5.29. The van der Waals surface area contributed by atoms with Crippen LogP contribution in [-0.2, 0) is 9.84 Å². The molecule has 98 valence electrons. The minimum absolute atomic E-state index is 0.211. The molecule has 0 saturated carbocycles. The number of unbranched alkanes of at least 4 members (excludes halogenated alkanes) is 7. The molecule has 0 aliphatic heterocycles. The van der Waals surface area contributed by atoms with Crippen LogP contribution in [0.4, 0.5) is 0 Å². The maximum Gasteiger partial charge on any atom is 0.152 e. The summed E-state index contributed by atoms with van der Waals surface area (Å²) in [5.74, 6) is 0.375. The van der Waals surface area contributed by atoms with Crippen LogP contribution >= 0.6 is 0 Å². The molecule has 0 spiro atoms. The molecule has 0 radical (unpaired) electrons. The van der Waals surface area contributed by atoms with Crippen LogP contribution in [0.3, 0.4) is 0 Å². The number of rotatable bonds is 10. The predicted molar refractivity (Wildman–Crippen MR) is 71.5 cm³/mol. The second-order valence-electron chi connectivity index (χ2n) is 4.89. The molecule has 0 unspecified atom stereocenters. The van der Waals surface area contributed by atoms with Crippen LogP contribution in [-0.4, -0.2) is 19.4 Å². The lowest BCUT2D eigenvalue weighted by Crippen LogP contribution is -2.17. The molecule has 0 bridgehead atoms. The van der Waals surface area contributed by atoms with Gasteiger partial charge in [-0.3, -0.25) is 0 Å². The summed E-state index contributed by atoms with van der Waals surface area (Å²) in [6, 6.07) is 0. The molecule has 0 rings (SSSR count). The molecule has 0 aromatic carbocycles. The van der Waals surface area contributed by atoms with Gasteiger partial charge in [0.05, 0.1) is 11.0 Å². The Morgan fingerprint density at radius 3 is 1.69 bits per heavy atom. The molecule has 0 N–H and O–H groups in total. The highest BCUT2D eigenvalue weighted by Crippen LogP contribution is 2.10. The zero-order chi connectivity index (χ0) is 12.4. The first-order valence-corrected chi connectivity index (χ1v) is 8.43. The average Bonchev–Trinajstić information content (AvgIpc) is 2.21. The van der Waals surface area contributed by atoms with Gasteiger partial charge in [-0.2, -0.15) is 0 Å². The Labute approximate surface area is 102 Å². The van der Waals surface area contributed by atoms with Crippen LogP contribution < -0.4 is 0 Å². The van der Waals surface area contributed by atoms with E-state index in [1.165, 1.54) is 38.5 Å². The number of sulfone groups is 1. The van der Waals surface area contributed by atoms with E-state index in [0.717, 1.165) is 12.8 Å². The SMILES string of the molecule is CCCCCCCCCCS(=O)(=O)C(C)C. The van der Waals surface area contributed by atoms with Gasteiger partial charge in [-0.15, -0.1) is 0 Å². The first-order valence-electron chi connectivity index (χ1n) is 6.72. The van der Waals surface area contributed by atoms with Gasteiger partial charge in [-0.1, -0.05) is 51.9 Å². The molecule has 0 atom stereocenters. The monoisotopic (exact) mass is 248 g/mol. The molecule has 0 aliphatic rings. The molecule has 0 amide bonds. The number of hydrogen-bond acceptors (Lipinski definition) is 2. The van der Waals surface area contributed by atoms with Gasteiger partial charge in [0.2, 0.25) is 0 Å². The van der Waals surface area contributed by atoms with Crippen molar-refractivity contribution in [2.75, 3.05) is 5.75 Å². The molecule has 16 heavy (non-hydrogen) atoms. The van der Waals surface area contributed by atoms with Crippen LogP contribution in [0, 0.1) is 0 Å². The summed E-state index contributed by atoms with van der Waals surface area (Å²) in [5.41, 5.74) is 0. The first-order chi connectivity index (χ1) is 7.50. The summed E-state index contributed by atoms with van der Waals surface area (Å²) in [7, 11) is -2.80. The van der Waals surface area contributed by atoms with E-state index < -0.39 is 9.84 Å². The van der Waals surface area contributed by atoms with E-state index in [0.29, 0.717) is 5.75 Å². The van der Waals surface area contributed by atoms with Gasteiger partial charge < -0.3 is 0 Å². The van der Waals surface area contributed by atoms with Gasteiger partial charge in [0.1, 0.15) is 0 Å². The van der Waals surface area contributed by atoms with E-state index in [9.17, 15) is 8.42 Å². The molecule has 0 fully saturated rings. The second kappa shape index (κ2) is 9.03. The van der Waals surface area contributed by atoms with Crippen LogP contribution in [0.5, 0.6) is 0 Å². The van der Waals surface area contributed by atoms with Crippen molar-refractivity contribution in [2.45, 2.75) is 77.4 Å². The van der Waals surface area contributed by atoms with Crippen molar-refractivity contribution in [3.63, 3.8) is 0 Å². The van der Waals surface area contributed by atoms with Gasteiger partial charge in [-0.25, -0.2) is 8.42 Å². The van der Waals surface area contributed by atoms with E-state index in [2.05, 4.69) is 6.92 Å². The highest BCUT2D eigenvalue weighted by molar-refractivity contribution is 7.91. The molecule has 0 aliphatic carbocycles. The lowest BCUT2D eigenvalue weighted by molar-refractivity contribution is 0.568. The summed E-state index contributed by atoms with van der Waals surface area (Å²) in [6.07, 6.45) is 9.63. The Kier molecular flexibility index (Phi) is 9.00. The third-order valence-electron chi connectivity index (χ3n) is 3.00.